The summed E-state index contributed by atoms with van der Waals surface area (Å²) >= 11 is 0. The number of benzene rings is 2. The minimum Gasteiger partial charge on any atom is -0.339 e. The molecule has 5 nitrogen and oxygen atoms in total. The molecule has 2 aromatic rings. The number of fused-ring (bicyclic) bond motifs is 1. The summed E-state index contributed by atoms with van der Waals surface area (Å²) in [5, 5.41) is 0. The highest BCUT2D eigenvalue weighted by atomic mass is 16.2. The molecule has 2 aliphatic rings. The monoisotopic (exact) mass is 390 g/mol. The second kappa shape index (κ2) is 7.82. The van der Waals surface area contributed by atoms with E-state index in [2.05, 4.69) is 31.2 Å². The lowest BCUT2D eigenvalue weighted by Crippen LogP contribution is -2.38. The number of aryl methyl sites for hydroxylation is 2. The SMILES string of the molecule is Cc1ccc(CCC2CCN(C(=O)c3ccc4c(c3)C(=O)N(C)C4=O)CC2)cc1. The Bertz CT molecular complexity index is 957. The lowest BCUT2D eigenvalue weighted by Gasteiger charge is -2.32. The van der Waals surface area contributed by atoms with Crippen LogP contribution in [0.3, 0.4) is 0 Å². The van der Waals surface area contributed by atoms with Crippen LogP contribution in [0, 0.1) is 12.8 Å². The molecular weight excluding hydrogens is 364 g/mol. The van der Waals surface area contributed by atoms with Gasteiger partial charge in [-0.05, 0) is 62.3 Å². The third kappa shape index (κ3) is 3.82. The average molecular weight is 390 g/mol. The molecule has 0 saturated carbocycles. The fraction of sp³-hybridized carbons (Fsp3) is 0.375. The number of nitrogens with zero attached hydrogens (tertiary/aromatic N) is 2. The minimum absolute atomic E-state index is 0.0559. The van der Waals surface area contributed by atoms with Gasteiger partial charge in [0.15, 0.2) is 0 Å². The number of carbonyl (C=O) groups excluding carboxylic acids is 3. The molecule has 3 amide bonds. The fourth-order valence-electron chi connectivity index (χ4n) is 4.23. The number of hydrogen-bond acceptors (Lipinski definition) is 3. The third-order valence-electron chi connectivity index (χ3n) is 6.20. The van der Waals surface area contributed by atoms with Crippen LogP contribution in [-0.2, 0) is 6.42 Å². The van der Waals surface area contributed by atoms with Crippen molar-refractivity contribution in [3.8, 4) is 0 Å². The quantitative estimate of drug-likeness (QED) is 0.748. The first kappa shape index (κ1) is 19.4. The van der Waals surface area contributed by atoms with Gasteiger partial charge < -0.3 is 4.90 Å². The highest BCUT2D eigenvalue weighted by molar-refractivity contribution is 6.21. The molecule has 4 rings (SSSR count). The Kier molecular flexibility index (Phi) is 5.22. The molecule has 0 bridgehead atoms. The van der Waals surface area contributed by atoms with E-state index in [0.717, 1.165) is 43.7 Å². The molecule has 0 radical (unpaired) electrons. The summed E-state index contributed by atoms with van der Waals surface area (Å²) in [5.74, 6) is -0.0688. The van der Waals surface area contributed by atoms with Crippen LogP contribution in [0.2, 0.25) is 0 Å². The summed E-state index contributed by atoms with van der Waals surface area (Å²) in [6.07, 6.45) is 4.23. The van der Waals surface area contributed by atoms with Crippen LogP contribution in [0.1, 0.15) is 61.5 Å². The summed E-state index contributed by atoms with van der Waals surface area (Å²) < 4.78 is 0. The third-order valence-corrected chi connectivity index (χ3v) is 6.20. The molecule has 2 aliphatic heterocycles. The second-order valence-electron chi connectivity index (χ2n) is 8.19. The minimum atomic E-state index is -0.338. The van der Waals surface area contributed by atoms with Crippen LogP contribution in [-0.4, -0.2) is 47.7 Å². The normalized spacial score (nSPS) is 17.0. The van der Waals surface area contributed by atoms with E-state index in [1.54, 1.807) is 18.2 Å². The van der Waals surface area contributed by atoms with E-state index in [4.69, 9.17) is 0 Å². The van der Waals surface area contributed by atoms with Gasteiger partial charge in [-0.15, -0.1) is 0 Å². The Morgan fingerprint density at radius 1 is 0.966 bits per heavy atom. The first-order valence-corrected chi connectivity index (χ1v) is 10.3. The van der Waals surface area contributed by atoms with Crippen molar-refractivity contribution in [1.29, 1.82) is 0 Å². The van der Waals surface area contributed by atoms with E-state index in [0.29, 0.717) is 22.6 Å². The molecule has 0 unspecified atom stereocenters. The Balaban J connectivity index is 1.34. The lowest BCUT2D eigenvalue weighted by molar-refractivity contribution is 0.0682. The van der Waals surface area contributed by atoms with E-state index in [-0.39, 0.29) is 17.7 Å². The molecule has 0 aromatic heterocycles. The molecule has 0 spiro atoms. The molecule has 1 saturated heterocycles. The standard InChI is InChI=1S/C24H26N2O3/c1-16-3-5-17(6-4-16)7-8-18-11-13-26(14-12-18)22(27)19-9-10-20-21(15-19)24(29)25(2)23(20)28/h3-6,9-10,15,18H,7-8,11-14H2,1-2H3. The Hall–Kier alpha value is -2.95. The van der Waals surface area contributed by atoms with E-state index in [1.807, 2.05) is 4.90 Å². The van der Waals surface area contributed by atoms with Crippen molar-refractivity contribution < 1.29 is 14.4 Å². The number of carbonyl (C=O) groups is 3. The summed E-state index contributed by atoms with van der Waals surface area (Å²) in [7, 11) is 1.47. The van der Waals surface area contributed by atoms with Crippen molar-refractivity contribution in [2.45, 2.75) is 32.6 Å². The molecule has 1 fully saturated rings. The van der Waals surface area contributed by atoms with Gasteiger partial charge in [0.05, 0.1) is 11.1 Å². The van der Waals surface area contributed by atoms with Gasteiger partial charge in [0.2, 0.25) is 0 Å². The van der Waals surface area contributed by atoms with E-state index in [9.17, 15) is 14.4 Å². The number of amides is 3. The zero-order valence-corrected chi connectivity index (χ0v) is 17.0. The molecule has 2 aromatic carbocycles. The molecule has 2 heterocycles. The van der Waals surface area contributed by atoms with Crippen molar-refractivity contribution in [3.05, 3.63) is 70.3 Å². The van der Waals surface area contributed by atoms with Gasteiger partial charge in [-0.2, -0.15) is 0 Å². The van der Waals surface area contributed by atoms with Gasteiger partial charge in [0.25, 0.3) is 17.7 Å². The number of imide groups is 1. The van der Waals surface area contributed by atoms with Crippen LogP contribution in [0.5, 0.6) is 0 Å². The highest BCUT2D eigenvalue weighted by Crippen LogP contribution is 2.26. The smallest absolute Gasteiger partial charge is 0.261 e. The molecule has 5 heteroatoms. The Morgan fingerprint density at radius 3 is 2.31 bits per heavy atom. The Labute approximate surface area is 171 Å². The first-order valence-electron chi connectivity index (χ1n) is 10.3. The first-order chi connectivity index (χ1) is 13.9. The number of piperidine rings is 1. The zero-order valence-electron chi connectivity index (χ0n) is 17.0. The Morgan fingerprint density at radius 2 is 1.62 bits per heavy atom. The number of hydrogen-bond donors (Lipinski definition) is 0. The van der Waals surface area contributed by atoms with E-state index in [1.165, 1.54) is 18.2 Å². The van der Waals surface area contributed by atoms with Crippen molar-refractivity contribution in [2.75, 3.05) is 20.1 Å². The van der Waals surface area contributed by atoms with E-state index < -0.39 is 0 Å². The summed E-state index contributed by atoms with van der Waals surface area (Å²) in [6.45, 7) is 3.58. The van der Waals surface area contributed by atoms with Crippen LogP contribution in [0.15, 0.2) is 42.5 Å². The summed E-state index contributed by atoms with van der Waals surface area (Å²) in [6, 6.07) is 13.5. The molecule has 29 heavy (non-hydrogen) atoms. The van der Waals surface area contributed by atoms with Crippen molar-refractivity contribution in [1.82, 2.24) is 9.80 Å². The van der Waals surface area contributed by atoms with Crippen molar-refractivity contribution >= 4 is 17.7 Å². The van der Waals surface area contributed by atoms with Gasteiger partial charge in [0.1, 0.15) is 0 Å². The van der Waals surface area contributed by atoms with Crippen LogP contribution in [0.25, 0.3) is 0 Å². The molecule has 0 atom stereocenters. The van der Waals surface area contributed by atoms with Crippen LogP contribution < -0.4 is 0 Å². The average Bonchev–Trinajstić information content (AvgIpc) is 2.97. The van der Waals surface area contributed by atoms with E-state index >= 15 is 0 Å². The van der Waals surface area contributed by atoms with Gasteiger partial charge in [-0.3, -0.25) is 19.3 Å². The zero-order chi connectivity index (χ0) is 20.5. The van der Waals surface area contributed by atoms with Gasteiger partial charge in [-0.1, -0.05) is 29.8 Å². The van der Waals surface area contributed by atoms with Crippen LogP contribution in [0.4, 0.5) is 0 Å². The van der Waals surface area contributed by atoms with Crippen molar-refractivity contribution in [2.24, 2.45) is 5.92 Å². The number of rotatable bonds is 4. The van der Waals surface area contributed by atoms with Gasteiger partial charge in [0, 0.05) is 25.7 Å². The van der Waals surface area contributed by atoms with Gasteiger partial charge in [-0.25, -0.2) is 0 Å². The van der Waals surface area contributed by atoms with Crippen LogP contribution >= 0.6 is 0 Å². The molecular formula is C24H26N2O3. The molecule has 0 N–H and O–H groups in total. The number of likely N-dealkylation sites (tertiary alicyclic amines) is 1. The molecule has 150 valence electrons. The summed E-state index contributed by atoms with van der Waals surface area (Å²) in [4.78, 5) is 40.1. The lowest BCUT2D eigenvalue weighted by atomic mass is 9.90. The maximum absolute atomic E-state index is 12.9. The maximum atomic E-state index is 12.9. The van der Waals surface area contributed by atoms with Crippen molar-refractivity contribution in [3.63, 3.8) is 0 Å². The predicted octanol–water partition coefficient (Wildman–Crippen LogP) is 3.71. The maximum Gasteiger partial charge on any atom is 0.261 e. The fourth-order valence-corrected chi connectivity index (χ4v) is 4.23. The topological polar surface area (TPSA) is 57.7 Å². The highest BCUT2D eigenvalue weighted by Gasteiger charge is 2.34. The van der Waals surface area contributed by atoms with Gasteiger partial charge >= 0.3 is 0 Å². The largest absolute Gasteiger partial charge is 0.339 e. The predicted molar refractivity (Wildman–Crippen MR) is 111 cm³/mol. The second-order valence-corrected chi connectivity index (χ2v) is 8.19. The summed E-state index contributed by atoms with van der Waals surface area (Å²) in [5.41, 5.74) is 3.85. The molecule has 0 aliphatic carbocycles.